The first-order chi connectivity index (χ1) is 10.8. The van der Waals surface area contributed by atoms with Crippen LogP contribution in [0.25, 0.3) is 0 Å². The third kappa shape index (κ3) is 3.61. The monoisotopic (exact) mass is 356 g/mol. The van der Waals surface area contributed by atoms with E-state index in [0.717, 1.165) is 17.7 Å². The first kappa shape index (κ1) is 16.9. The zero-order valence-corrected chi connectivity index (χ0v) is 15.3. The van der Waals surface area contributed by atoms with Gasteiger partial charge in [-0.1, -0.05) is 19.9 Å². The molecule has 3 rings (SSSR count). The summed E-state index contributed by atoms with van der Waals surface area (Å²) in [5.41, 5.74) is -0.108. The molecule has 2 aliphatic rings. The van der Waals surface area contributed by atoms with Crippen LogP contribution in [0.2, 0.25) is 0 Å². The maximum Gasteiger partial charge on any atom is 0.224 e. The van der Waals surface area contributed by atoms with Gasteiger partial charge in [0, 0.05) is 23.9 Å². The molecule has 1 N–H and O–H groups in total. The predicted octanol–water partition coefficient (Wildman–Crippen LogP) is 2.06. The second-order valence-electron chi connectivity index (χ2n) is 7.17. The van der Waals surface area contributed by atoms with E-state index in [-0.39, 0.29) is 28.9 Å². The summed E-state index contributed by atoms with van der Waals surface area (Å²) in [6.07, 6.45) is 1.62. The molecule has 0 unspecified atom stereocenters. The number of carbonyl (C=O) groups excluding carboxylic acids is 1. The molecular weight excluding hydrogens is 332 g/mol. The summed E-state index contributed by atoms with van der Waals surface area (Å²) >= 11 is 1.63. The minimum atomic E-state index is -3.18. The van der Waals surface area contributed by atoms with Crippen molar-refractivity contribution in [2.24, 2.45) is 17.3 Å². The van der Waals surface area contributed by atoms with E-state index < -0.39 is 10.0 Å². The molecule has 1 aliphatic carbocycles. The fourth-order valence-corrected chi connectivity index (χ4v) is 6.02. The van der Waals surface area contributed by atoms with Crippen LogP contribution in [0.4, 0.5) is 0 Å². The van der Waals surface area contributed by atoms with E-state index in [4.69, 9.17) is 0 Å². The van der Waals surface area contributed by atoms with Crippen LogP contribution in [-0.4, -0.2) is 37.5 Å². The molecular formula is C16H24N2O3S2. The Morgan fingerprint density at radius 2 is 2.30 bits per heavy atom. The van der Waals surface area contributed by atoms with Crippen molar-refractivity contribution in [3.05, 3.63) is 22.4 Å². The van der Waals surface area contributed by atoms with Gasteiger partial charge in [-0.05, 0) is 35.6 Å². The minimum Gasteiger partial charge on any atom is -0.351 e. The van der Waals surface area contributed by atoms with Gasteiger partial charge in [-0.25, -0.2) is 12.7 Å². The number of carbonyl (C=O) groups is 1. The van der Waals surface area contributed by atoms with Crippen LogP contribution in [0, 0.1) is 17.3 Å². The molecule has 5 nitrogen and oxygen atoms in total. The van der Waals surface area contributed by atoms with E-state index in [1.165, 1.54) is 0 Å². The van der Waals surface area contributed by atoms with Crippen molar-refractivity contribution in [3.63, 3.8) is 0 Å². The normalized spacial score (nSPS) is 27.7. The highest BCUT2D eigenvalue weighted by atomic mass is 32.2. The molecule has 0 aromatic carbocycles. The lowest BCUT2D eigenvalue weighted by molar-refractivity contribution is -0.123. The molecule has 1 aliphatic heterocycles. The number of hydrogen-bond acceptors (Lipinski definition) is 4. The lowest BCUT2D eigenvalue weighted by atomic mass is 10.0. The SMILES string of the molecule is CC(C)CS(=O)(=O)N1CC[C@@]2(C[C@@H]2C(=O)NCc2cccs2)C1. The average molecular weight is 357 g/mol. The number of nitrogens with one attached hydrogen (secondary N) is 1. The van der Waals surface area contributed by atoms with Crippen molar-refractivity contribution >= 4 is 27.3 Å². The Bertz CT molecular complexity index is 670. The fraction of sp³-hybridized carbons (Fsp3) is 0.688. The molecule has 0 bridgehead atoms. The molecule has 7 heteroatoms. The summed E-state index contributed by atoms with van der Waals surface area (Å²) in [6, 6.07) is 3.97. The largest absolute Gasteiger partial charge is 0.351 e. The van der Waals surface area contributed by atoms with Crippen LogP contribution in [-0.2, 0) is 21.4 Å². The summed E-state index contributed by atoms with van der Waals surface area (Å²) < 4.78 is 26.3. The number of rotatable bonds is 6. The zero-order chi connectivity index (χ0) is 16.7. The molecule has 1 aromatic rings. The number of sulfonamides is 1. The van der Waals surface area contributed by atoms with Gasteiger partial charge in [0.15, 0.2) is 0 Å². The maximum atomic E-state index is 12.3. The van der Waals surface area contributed by atoms with Crippen LogP contribution in [0.1, 0.15) is 31.6 Å². The van der Waals surface area contributed by atoms with E-state index in [1.54, 1.807) is 15.6 Å². The smallest absolute Gasteiger partial charge is 0.224 e. The topological polar surface area (TPSA) is 66.5 Å². The van der Waals surface area contributed by atoms with Crippen LogP contribution >= 0.6 is 11.3 Å². The Morgan fingerprint density at radius 1 is 1.52 bits per heavy atom. The summed E-state index contributed by atoms with van der Waals surface area (Å²) in [6.45, 7) is 5.48. The Labute approximate surface area is 142 Å². The lowest BCUT2D eigenvalue weighted by Gasteiger charge is -2.18. The molecule has 1 saturated carbocycles. The molecule has 2 atom stereocenters. The first-order valence-electron chi connectivity index (χ1n) is 8.10. The third-order valence-electron chi connectivity index (χ3n) is 4.81. The summed E-state index contributed by atoms with van der Waals surface area (Å²) in [4.78, 5) is 13.5. The van der Waals surface area contributed by atoms with Crippen molar-refractivity contribution < 1.29 is 13.2 Å². The molecule has 1 aromatic heterocycles. The highest BCUT2D eigenvalue weighted by Gasteiger charge is 2.61. The van der Waals surface area contributed by atoms with Crippen molar-refractivity contribution in [3.8, 4) is 0 Å². The Kier molecular flexibility index (Phi) is 4.55. The van der Waals surface area contributed by atoms with Gasteiger partial charge in [-0.3, -0.25) is 4.79 Å². The van der Waals surface area contributed by atoms with Crippen molar-refractivity contribution in [2.75, 3.05) is 18.8 Å². The maximum absolute atomic E-state index is 12.3. The van der Waals surface area contributed by atoms with E-state index in [1.807, 2.05) is 31.4 Å². The molecule has 1 saturated heterocycles. The molecule has 0 radical (unpaired) electrons. The Balaban J connectivity index is 1.54. The summed E-state index contributed by atoms with van der Waals surface area (Å²) in [5.74, 6) is 0.363. The van der Waals surface area contributed by atoms with Crippen LogP contribution < -0.4 is 5.32 Å². The lowest BCUT2D eigenvalue weighted by Crippen LogP contribution is -2.33. The molecule has 1 spiro atoms. The molecule has 1 amide bonds. The van der Waals surface area contributed by atoms with Gasteiger partial charge in [0.25, 0.3) is 0 Å². The third-order valence-corrected chi connectivity index (χ3v) is 7.87. The standard InChI is InChI=1S/C16H24N2O3S2/c1-12(2)10-23(20,21)18-6-5-16(11-18)8-14(16)15(19)17-9-13-4-3-7-22-13/h3-4,7,12,14H,5-6,8-11H2,1-2H3,(H,17,19)/t14-,16-/m1/s1. The van der Waals surface area contributed by atoms with Crippen molar-refractivity contribution in [1.82, 2.24) is 9.62 Å². The minimum absolute atomic E-state index is 0.0262. The molecule has 2 heterocycles. The summed E-state index contributed by atoms with van der Waals surface area (Å²) in [5, 5.41) is 4.98. The van der Waals surface area contributed by atoms with Gasteiger partial charge in [0.1, 0.15) is 0 Å². The number of hydrogen-bond donors (Lipinski definition) is 1. The van der Waals surface area contributed by atoms with E-state index in [0.29, 0.717) is 19.6 Å². The highest BCUT2D eigenvalue weighted by Crippen LogP contribution is 2.59. The van der Waals surface area contributed by atoms with Gasteiger partial charge < -0.3 is 5.32 Å². The van der Waals surface area contributed by atoms with Crippen molar-refractivity contribution in [1.29, 1.82) is 0 Å². The average Bonchev–Trinajstić information content (AvgIpc) is 2.82. The Morgan fingerprint density at radius 3 is 2.96 bits per heavy atom. The first-order valence-corrected chi connectivity index (χ1v) is 10.6. The van der Waals surface area contributed by atoms with E-state index in [9.17, 15) is 13.2 Å². The second-order valence-corrected chi connectivity index (χ2v) is 10.2. The summed E-state index contributed by atoms with van der Waals surface area (Å²) in [7, 11) is -3.18. The quantitative estimate of drug-likeness (QED) is 0.848. The second kappa shape index (κ2) is 6.18. The Hall–Kier alpha value is -0.920. The van der Waals surface area contributed by atoms with Gasteiger partial charge >= 0.3 is 0 Å². The molecule has 2 fully saturated rings. The van der Waals surface area contributed by atoms with Gasteiger partial charge in [-0.2, -0.15) is 0 Å². The molecule has 128 valence electrons. The van der Waals surface area contributed by atoms with Gasteiger partial charge in [-0.15, -0.1) is 11.3 Å². The predicted molar refractivity (Wildman–Crippen MR) is 91.5 cm³/mol. The van der Waals surface area contributed by atoms with Crippen molar-refractivity contribution in [2.45, 2.75) is 33.2 Å². The van der Waals surface area contributed by atoms with E-state index in [2.05, 4.69) is 5.32 Å². The van der Waals surface area contributed by atoms with Gasteiger partial charge in [0.2, 0.25) is 15.9 Å². The highest BCUT2D eigenvalue weighted by molar-refractivity contribution is 7.89. The number of amides is 1. The molecule has 23 heavy (non-hydrogen) atoms. The van der Waals surface area contributed by atoms with Crippen LogP contribution in [0.3, 0.4) is 0 Å². The van der Waals surface area contributed by atoms with Crippen LogP contribution in [0.15, 0.2) is 17.5 Å². The van der Waals surface area contributed by atoms with Crippen LogP contribution in [0.5, 0.6) is 0 Å². The number of thiophene rings is 1. The fourth-order valence-electron chi connectivity index (χ4n) is 3.50. The zero-order valence-electron chi connectivity index (χ0n) is 13.6. The van der Waals surface area contributed by atoms with Gasteiger partial charge in [0.05, 0.1) is 12.3 Å². The number of nitrogens with zero attached hydrogens (tertiary/aromatic N) is 1. The van der Waals surface area contributed by atoms with E-state index >= 15 is 0 Å².